The van der Waals surface area contributed by atoms with Gasteiger partial charge in [-0.25, -0.2) is 4.79 Å². The van der Waals surface area contributed by atoms with Crippen LogP contribution in [-0.4, -0.2) is 44.9 Å². The molecule has 1 amide bonds. The minimum Gasteiger partial charge on any atom is -0.452 e. The Morgan fingerprint density at radius 1 is 1.13 bits per heavy atom. The number of piperidine rings is 1. The van der Waals surface area contributed by atoms with E-state index in [0.29, 0.717) is 24.6 Å². The summed E-state index contributed by atoms with van der Waals surface area (Å²) in [6, 6.07) is 10.9. The molecule has 0 aliphatic carbocycles. The van der Waals surface area contributed by atoms with Gasteiger partial charge in [0.15, 0.2) is 12.4 Å². The van der Waals surface area contributed by atoms with E-state index < -0.39 is 22.7 Å². The molecule has 0 aromatic heterocycles. The molecule has 2 aromatic rings. The number of carbonyl (C=O) groups excluding carboxylic acids is 2. The fourth-order valence-electron chi connectivity index (χ4n) is 3.56. The maximum Gasteiger partial charge on any atom is 0.342 e. The molecule has 0 N–H and O–H groups in total. The number of esters is 1. The van der Waals surface area contributed by atoms with Crippen molar-refractivity contribution in [1.29, 1.82) is 0 Å². The minimum absolute atomic E-state index is 0.0325. The normalized spacial score (nSPS) is 16.6. The first-order chi connectivity index (χ1) is 14.7. The first-order valence-corrected chi connectivity index (χ1v) is 11.6. The minimum atomic E-state index is -4.16. The monoisotopic (exact) mass is 445 g/mol. The van der Waals surface area contributed by atoms with Crippen LogP contribution in [0.2, 0.25) is 0 Å². The average Bonchev–Trinajstić information content (AvgIpc) is 2.73. The highest BCUT2D eigenvalue weighted by atomic mass is 32.2. The van der Waals surface area contributed by atoms with Crippen LogP contribution in [0.1, 0.15) is 41.3 Å². The molecule has 0 unspecified atom stereocenters. The van der Waals surface area contributed by atoms with Crippen LogP contribution in [0.4, 0.5) is 0 Å². The molecule has 1 fully saturated rings. The molecule has 2 aromatic carbocycles. The molecule has 1 atom stereocenters. The third kappa shape index (κ3) is 5.64. The summed E-state index contributed by atoms with van der Waals surface area (Å²) in [6.07, 6.45) is 2.00. The second kappa shape index (κ2) is 9.51. The van der Waals surface area contributed by atoms with E-state index in [4.69, 9.17) is 8.92 Å². The highest BCUT2D eigenvalue weighted by Crippen LogP contribution is 2.26. The lowest BCUT2D eigenvalue weighted by molar-refractivity contribution is -0.136. The topological polar surface area (TPSA) is 90.0 Å². The molecule has 0 bridgehead atoms. The van der Waals surface area contributed by atoms with Crippen LogP contribution in [0.5, 0.6) is 5.75 Å². The largest absolute Gasteiger partial charge is 0.452 e. The van der Waals surface area contributed by atoms with Gasteiger partial charge in [-0.3, -0.25) is 4.79 Å². The van der Waals surface area contributed by atoms with Crippen molar-refractivity contribution < 1.29 is 26.9 Å². The van der Waals surface area contributed by atoms with E-state index in [9.17, 15) is 18.0 Å². The summed E-state index contributed by atoms with van der Waals surface area (Å²) in [5.74, 6) is -0.809. The number of likely N-dealkylation sites (tertiary alicyclic amines) is 1. The molecule has 31 heavy (non-hydrogen) atoms. The first kappa shape index (κ1) is 22.8. The van der Waals surface area contributed by atoms with Gasteiger partial charge < -0.3 is 13.8 Å². The van der Waals surface area contributed by atoms with Crippen molar-refractivity contribution in [2.24, 2.45) is 5.92 Å². The Morgan fingerprint density at radius 2 is 1.87 bits per heavy atom. The maximum atomic E-state index is 12.8. The molecule has 0 saturated carbocycles. The molecule has 1 saturated heterocycles. The summed E-state index contributed by atoms with van der Waals surface area (Å²) in [5.41, 5.74) is 1.24. The predicted molar refractivity (Wildman–Crippen MR) is 115 cm³/mol. The molecule has 1 aliphatic rings. The number of hydrogen-bond donors (Lipinski definition) is 0. The summed E-state index contributed by atoms with van der Waals surface area (Å²) in [7, 11) is -4.16. The van der Waals surface area contributed by atoms with Crippen molar-refractivity contribution >= 4 is 22.0 Å². The Kier molecular flexibility index (Phi) is 7.00. The van der Waals surface area contributed by atoms with Gasteiger partial charge in [0.05, 0.1) is 0 Å². The quantitative estimate of drug-likeness (QED) is 0.499. The highest BCUT2D eigenvalue weighted by molar-refractivity contribution is 7.87. The lowest BCUT2D eigenvalue weighted by atomic mass is 10.0. The summed E-state index contributed by atoms with van der Waals surface area (Å²) in [4.78, 5) is 26.7. The van der Waals surface area contributed by atoms with Crippen LogP contribution in [0.25, 0.3) is 0 Å². The van der Waals surface area contributed by atoms with Gasteiger partial charge in [-0.05, 0) is 61.9 Å². The highest BCUT2D eigenvalue weighted by Gasteiger charge is 2.25. The standard InChI is InChI=1S/C23H27NO6S/c1-16-10-11-18(3)21(13-16)31(27,28)30-20-9-5-4-8-19(20)23(26)29-15-22(25)24-12-6-7-17(2)14-24/h4-5,8-11,13,17H,6-7,12,14-15H2,1-3H3/t17-/m0/s1. The van der Waals surface area contributed by atoms with Gasteiger partial charge in [-0.2, -0.15) is 8.42 Å². The van der Waals surface area contributed by atoms with E-state index in [1.165, 1.54) is 18.2 Å². The number of ether oxygens (including phenoxy) is 1. The zero-order chi connectivity index (χ0) is 22.6. The summed E-state index contributed by atoms with van der Waals surface area (Å²) in [6.45, 7) is 6.42. The van der Waals surface area contributed by atoms with Gasteiger partial charge in [0, 0.05) is 13.1 Å². The Labute approximate surface area is 183 Å². The summed E-state index contributed by atoms with van der Waals surface area (Å²) >= 11 is 0. The third-order valence-electron chi connectivity index (χ3n) is 5.26. The van der Waals surface area contributed by atoms with Crippen LogP contribution in [0, 0.1) is 19.8 Å². The van der Waals surface area contributed by atoms with Gasteiger partial charge in [-0.15, -0.1) is 0 Å². The second-order valence-electron chi connectivity index (χ2n) is 7.97. The van der Waals surface area contributed by atoms with Crippen molar-refractivity contribution in [3.05, 3.63) is 59.2 Å². The number of aryl methyl sites for hydroxylation is 2. The molecule has 3 rings (SSSR count). The number of para-hydroxylation sites is 1. The van der Waals surface area contributed by atoms with Gasteiger partial charge in [0.1, 0.15) is 10.5 Å². The van der Waals surface area contributed by atoms with E-state index in [-0.39, 0.29) is 22.1 Å². The molecular formula is C23H27NO6S. The SMILES string of the molecule is Cc1ccc(C)c(S(=O)(=O)Oc2ccccc2C(=O)OCC(=O)N2CCC[C@H](C)C2)c1. The van der Waals surface area contributed by atoms with Crippen LogP contribution in [-0.2, 0) is 19.6 Å². The Hall–Kier alpha value is -2.87. The van der Waals surface area contributed by atoms with E-state index in [0.717, 1.165) is 18.4 Å². The smallest absolute Gasteiger partial charge is 0.342 e. The fourth-order valence-corrected chi connectivity index (χ4v) is 4.82. The van der Waals surface area contributed by atoms with E-state index >= 15 is 0 Å². The molecule has 1 aliphatic heterocycles. The van der Waals surface area contributed by atoms with Crippen molar-refractivity contribution in [3.63, 3.8) is 0 Å². The number of amides is 1. The first-order valence-electron chi connectivity index (χ1n) is 10.2. The number of hydrogen-bond acceptors (Lipinski definition) is 6. The predicted octanol–water partition coefficient (Wildman–Crippen LogP) is 3.49. The van der Waals surface area contributed by atoms with Crippen LogP contribution in [0.15, 0.2) is 47.4 Å². The van der Waals surface area contributed by atoms with Crippen LogP contribution >= 0.6 is 0 Å². The van der Waals surface area contributed by atoms with Crippen LogP contribution in [0.3, 0.4) is 0 Å². The third-order valence-corrected chi connectivity index (χ3v) is 6.63. The van der Waals surface area contributed by atoms with E-state index in [2.05, 4.69) is 6.92 Å². The van der Waals surface area contributed by atoms with E-state index in [1.807, 2.05) is 0 Å². The number of nitrogens with zero attached hydrogens (tertiary/aromatic N) is 1. The van der Waals surface area contributed by atoms with Gasteiger partial charge in [0.2, 0.25) is 0 Å². The molecule has 0 spiro atoms. The zero-order valence-corrected chi connectivity index (χ0v) is 18.8. The van der Waals surface area contributed by atoms with E-state index in [1.54, 1.807) is 43.0 Å². The summed E-state index contributed by atoms with van der Waals surface area (Å²) < 4.78 is 36.1. The molecule has 1 heterocycles. The van der Waals surface area contributed by atoms with Gasteiger partial charge in [-0.1, -0.05) is 31.2 Å². The Bertz CT molecular complexity index is 1080. The Balaban J connectivity index is 1.73. The molecular weight excluding hydrogens is 418 g/mol. The molecule has 0 radical (unpaired) electrons. The zero-order valence-electron chi connectivity index (χ0n) is 18.0. The fraction of sp³-hybridized carbons (Fsp3) is 0.391. The lowest BCUT2D eigenvalue weighted by Crippen LogP contribution is -2.41. The summed E-state index contributed by atoms with van der Waals surface area (Å²) in [5, 5.41) is 0. The van der Waals surface area contributed by atoms with Crippen molar-refractivity contribution in [1.82, 2.24) is 4.90 Å². The number of benzene rings is 2. The van der Waals surface area contributed by atoms with Gasteiger partial charge in [0.25, 0.3) is 5.91 Å². The molecule has 8 heteroatoms. The lowest BCUT2D eigenvalue weighted by Gasteiger charge is -2.30. The number of rotatable bonds is 6. The molecule has 7 nitrogen and oxygen atoms in total. The number of carbonyl (C=O) groups is 2. The van der Waals surface area contributed by atoms with Gasteiger partial charge >= 0.3 is 16.1 Å². The van der Waals surface area contributed by atoms with Crippen molar-refractivity contribution in [2.75, 3.05) is 19.7 Å². The maximum absolute atomic E-state index is 12.8. The van der Waals surface area contributed by atoms with Crippen molar-refractivity contribution in [3.8, 4) is 5.75 Å². The average molecular weight is 446 g/mol. The van der Waals surface area contributed by atoms with Crippen molar-refractivity contribution in [2.45, 2.75) is 38.5 Å². The second-order valence-corrected chi connectivity index (χ2v) is 9.48. The Morgan fingerprint density at radius 3 is 2.61 bits per heavy atom. The van der Waals surface area contributed by atoms with Crippen LogP contribution < -0.4 is 4.18 Å². The molecule has 166 valence electrons.